The van der Waals surface area contributed by atoms with E-state index >= 15 is 0 Å². The summed E-state index contributed by atoms with van der Waals surface area (Å²) in [5.41, 5.74) is 11.1. The Bertz CT molecular complexity index is 1260. The third-order valence-corrected chi connectivity index (χ3v) is 5.50. The van der Waals surface area contributed by atoms with Crippen molar-refractivity contribution in [2.45, 2.75) is 40.2 Å². The van der Waals surface area contributed by atoms with Gasteiger partial charge in [-0.15, -0.1) is 0 Å². The van der Waals surface area contributed by atoms with Crippen molar-refractivity contribution in [2.24, 2.45) is 5.73 Å². The highest BCUT2D eigenvalue weighted by Gasteiger charge is 2.19. The number of nitrogens with zero attached hydrogens (tertiary/aromatic N) is 3. The van der Waals surface area contributed by atoms with Gasteiger partial charge in [0.25, 0.3) is 0 Å². The summed E-state index contributed by atoms with van der Waals surface area (Å²) in [6.07, 6.45) is 0. The van der Waals surface area contributed by atoms with Gasteiger partial charge in [0.1, 0.15) is 5.82 Å². The number of hydrogen-bond acceptors (Lipinski definition) is 4. The topological polar surface area (TPSA) is 85.8 Å². The zero-order valence-corrected chi connectivity index (χ0v) is 18.7. The van der Waals surface area contributed by atoms with Gasteiger partial charge >= 0.3 is 0 Å². The molecule has 32 heavy (non-hydrogen) atoms. The van der Waals surface area contributed by atoms with E-state index in [4.69, 9.17) is 15.7 Å². The van der Waals surface area contributed by atoms with Gasteiger partial charge in [-0.25, -0.2) is 4.98 Å². The smallest absolute Gasteiger partial charge is 0.249 e. The molecule has 0 unspecified atom stereocenters. The van der Waals surface area contributed by atoms with Crippen molar-refractivity contribution in [3.05, 3.63) is 82.7 Å². The Kier molecular flexibility index (Phi) is 6.58. The van der Waals surface area contributed by atoms with Gasteiger partial charge in [-0.1, -0.05) is 50.2 Å². The second-order valence-electron chi connectivity index (χ2n) is 8.09. The van der Waals surface area contributed by atoms with Crippen LogP contribution < -0.4 is 11.1 Å². The molecule has 166 valence electrons. The van der Waals surface area contributed by atoms with Crippen molar-refractivity contribution in [3.63, 3.8) is 0 Å². The number of aromatic nitrogens is 3. The summed E-state index contributed by atoms with van der Waals surface area (Å²) in [7, 11) is 0. The van der Waals surface area contributed by atoms with Crippen LogP contribution in [-0.4, -0.2) is 20.4 Å². The monoisotopic (exact) mass is 433 g/mol. The fourth-order valence-electron chi connectivity index (χ4n) is 4.12. The van der Waals surface area contributed by atoms with Gasteiger partial charge < -0.3 is 11.1 Å². The number of halogens is 1. The van der Waals surface area contributed by atoms with E-state index in [-0.39, 0.29) is 10.6 Å². The number of anilines is 1. The van der Waals surface area contributed by atoms with E-state index in [1.54, 1.807) is 6.07 Å². The summed E-state index contributed by atoms with van der Waals surface area (Å²) in [6, 6.07) is 17.7. The highest BCUT2D eigenvalue weighted by molar-refractivity contribution is 6.06. The molecule has 2 aromatic heterocycles. The number of fused-ring (bicyclic) bond motifs is 1. The molecule has 0 saturated heterocycles. The zero-order valence-electron chi connectivity index (χ0n) is 18.7. The molecule has 0 spiro atoms. The first kappa shape index (κ1) is 22.9. The molecule has 0 radical (unpaired) electrons. The summed E-state index contributed by atoms with van der Waals surface area (Å²) < 4.78 is 1.98. The lowest BCUT2D eigenvalue weighted by Crippen LogP contribution is -2.13. The van der Waals surface area contributed by atoms with Gasteiger partial charge in [0.15, 0.2) is 0 Å². The second-order valence-corrected chi connectivity index (χ2v) is 8.09. The van der Waals surface area contributed by atoms with Crippen molar-refractivity contribution in [2.75, 3.05) is 5.32 Å². The highest BCUT2D eigenvalue weighted by atomic mass is 19.0. The van der Waals surface area contributed by atoms with Crippen molar-refractivity contribution in [1.82, 2.24) is 14.5 Å². The Labute approximate surface area is 186 Å². The zero-order chi connectivity index (χ0) is 22.1. The van der Waals surface area contributed by atoms with Gasteiger partial charge in [0.2, 0.25) is 11.9 Å². The average Bonchev–Trinajstić information content (AvgIpc) is 3.07. The first-order chi connectivity index (χ1) is 14.9. The van der Waals surface area contributed by atoms with Crippen molar-refractivity contribution >= 4 is 22.6 Å². The third kappa shape index (κ3) is 4.19. The molecule has 1 amide bonds. The van der Waals surface area contributed by atoms with Crippen LogP contribution in [0.5, 0.6) is 0 Å². The quantitative estimate of drug-likeness (QED) is 0.447. The Hall–Kier alpha value is -3.74. The van der Waals surface area contributed by atoms with Gasteiger partial charge in [-0.3, -0.25) is 14.1 Å². The summed E-state index contributed by atoms with van der Waals surface area (Å²) in [5.74, 6) is 1.23. The molecule has 6 nitrogen and oxygen atoms in total. The van der Waals surface area contributed by atoms with E-state index in [1.165, 1.54) is 5.56 Å². The van der Waals surface area contributed by atoms with Crippen LogP contribution >= 0.6 is 0 Å². The molecule has 0 fully saturated rings. The molecular weight excluding hydrogens is 405 g/mol. The lowest BCUT2D eigenvalue weighted by atomic mass is 10.0. The molecular formula is C25H28FN5O. The number of rotatable bonds is 6. The standard InChI is InChI=1S/C25H27N5O.FH/c1-15(2)22-17(4)28-25(29-24(22)27-14-18-9-6-5-7-10-18)30-16(3)13-20-19(23(26)31)11-8-12-21(20)30;/h5-13,15H,14H2,1-4H3,(H2,26,31)(H,27,28,29);1H. The largest absolute Gasteiger partial charge is 0.366 e. The maximum atomic E-state index is 11.9. The maximum absolute atomic E-state index is 11.9. The number of primary amides is 1. The van der Waals surface area contributed by atoms with Crippen molar-refractivity contribution < 1.29 is 9.50 Å². The number of nitrogens with two attached hydrogens (primary N) is 1. The van der Waals surface area contributed by atoms with Crippen LogP contribution in [0.15, 0.2) is 54.6 Å². The molecule has 2 heterocycles. The van der Waals surface area contributed by atoms with Crippen LogP contribution in [0.4, 0.5) is 10.5 Å². The maximum Gasteiger partial charge on any atom is 0.249 e. The first-order valence-corrected chi connectivity index (χ1v) is 10.4. The van der Waals surface area contributed by atoms with Gasteiger partial charge in [0, 0.05) is 34.4 Å². The van der Waals surface area contributed by atoms with Crippen LogP contribution in [0.2, 0.25) is 0 Å². The van der Waals surface area contributed by atoms with Gasteiger partial charge in [0.05, 0.1) is 5.52 Å². The fraction of sp³-hybridized carbons (Fsp3) is 0.240. The average molecular weight is 434 g/mol. The lowest BCUT2D eigenvalue weighted by molar-refractivity contribution is 0.100. The summed E-state index contributed by atoms with van der Waals surface area (Å²) >= 11 is 0. The van der Waals surface area contributed by atoms with Crippen molar-refractivity contribution in [3.8, 4) is 5.95 Å². The minimum Gasteiger partial charge on any atom is -0.366 e. The Morgan fingerprint density at radius 1 is 1.06 bits per heavy atom. The predicted molar refractivity (Wildman–Crippen MR) is 127 cm³/mol. The fourth-order valence-corrected chi connectivity index (χ4v) is 4.12. The number of aryl methyl sites for hydroxylation is 2. The van der Waals surface area contributed by atoms with Crippen molar-refractivity contribution in [1.29, 1.82) is 0 Å². The van der Waals surface area contributed by atoms with E-state index in [2.05, 4.69) is 31.3 Å². The molecule has 3 N–H and O–H groups in total. The molecule has 0 aliphatic rings. The van der Waals surface area contributed by atoms with Crippen LogP contribution in [0.1, 0.15) is 52.6 Å². The summed E-state index contributed by atoms with van der Waals surface area (Å²) in [5, 5.41) is 4.32. The van der Waals surface area contributed by atoms with Gasteiger partial charge in [-0.05, 0) is 43.5 Å². The molecule has 2 aromatic carbocycles. The van der Waals surface area contributed by atoms with Gasteiger partial charge in [-0.2, -0.15) is 4.98 Å². The molecule has 4 aromatic rings. The van der Waals surface area contributed by atoms with E-state index in [0.29, 0.717) is 18.1 Å². The van der Waals surface area contributed by atoms with E-state index in [1.807, 2.05) is 54.8 Å². The highest BCUT2D eigenvalue weighted by Crippen LogP contribution is 2.30. The van der Waals surface area contributed by atoms with E-state index < -0.39 is 5.91 Å². The van der Waals surface area contributed by atoms with Crippen LogP contribution in [0.3, 0.4) is 0 Å². The minimum atomic E-state index is -0.444. The Morgan fingerprint density at radius 3 is 2.44 bits per heavy atom. The Balaban J connectivity index is 0.00000289. The SMILES string of the molecule is Cc1nc(-n2c(C)cc3c(C(N)=O)cccc32)nc(NCc2ccccc2)c1C(C)C.F. The van der Waals surface area contributed by atoms with Crippen LogP contribution in [-0.2, 0) is 6.54 Å². The normalized spacial score (nSPS) is 10.9. The first-order valence-electron chi connectivity index (χ1n) is 10.4. The predicted octanol–water partition coefficient (Wildman–Crippen LogP) is 5.02. The van der Waals surface area contributed by atoms with E-state index in [9.17, 15) is 4.79 Å². The molecule has 0 aliphatic heterocycles. The summed E-state index contributed by atoms with van der Waals surface area (Å²) in [4.78, 5) is 21.6. The summed E-state index contributed by atoms with van der Waals surface area (Å²) in [6.45, 7) is 8.97. The molecule has 0 bridgehead atoms. The number of nitrogens with one attached hydrogen (secondary N) is 1. The molecule has 0 atom stereocenters. The molecule has 4 rings (SSSR count). The number of benzene rings is 2. The Morgan fingerprint density at radius 2 is 1.78 bits per heavy atom. The van der Waals surface area contributed by atoms with Crippen LogP contribution in [0.25, 0.3) is 16.9 Å². The molecule has 0 saturated carbocycles. The third-order valence-electron chi connectivity index (χ3n) is 5.50. The minimum absolute atomic E-state index is 0. The van der Waals surface area contributed by atoms with E-state index in [0.717, 1.165) is 33.7 Å². The second kappa shape index (κ2) is 9.18. The number of carbonyl (C=O) groups is 1. The lowest BCUT2D eigenvalue weighted by Gasteiger charge is -2.18. The molecule has 7 heteroatoms. The number of hydrogen-bond donors (Lipinski definition) is 2. The van der Waals surface area contributed by atoms with Crippen LogP contribution in [0, 0.1) is 13.8 Å². The number of carbonyl (C=O) groups excluding carboxylic acids is 1. The molecule has 0 aliphatic carbocycles. The number of amides is 1.